The minimum atomic E-state index is -0.266. The van der Waals surface area contributed by atoms with Gasteiger partial charge in [-0.2, -0.15) is 0 Å². The number of carbonyl (C=O) groups excluding carboxylic acids is 1. The molecule has 0 N–H and O–H groups in total. The van der Waals surface area contributed by atoms with Crippen LogP contribution >= 0.6 is 0 Å². The number of hydrogen-bond donors (Lipinski definition) is 0. The first kappa shape index (κ1) is 17.8. The minimum absolute atomic E-state index is 0. The van der Waals surface area contributed by atoms with Gasteiger partial charge in [0.2, 0.25) is 0 Å². The first-order valence-electron chi connectivity index (χ1n) is 6.78. The van der Waals surface area contributed by atoms with Crippen LogP contribution in [0.25, 0.3) is 0 Å². The van der Waals surface area contributed by atoms with Crippen molar-refractivity contribution in [2.24, 2.45) is 0 Å². The first-order valence-corrected chi connectivity index (χ1v) is 6.78. The van der Waals surface area contributed by atoms with Crippen molar-refractivity contribution in [3.05, 3.63) is 71.3 Å². The van der Waals surface area contributed by atoms with Crippen molar-refractivity contribution in [2.75, 3.05) is 6.61 Å². The summed E-state index contributed by atoms with van der Waals surface area (Å²) in [4.78, 5) is 12.1. The Balaban J connectivity index is 0.00000220. The summed E-state index contributed by atoms with van der Waals surface area (Å²) in [6.45, 7) is 6.48. The zero-order chi connectivity index (χ0) is 14.6. The van der Waals surface area contributed by atoms with Crippen molar-refractivity contribution < 1.29 is 9.53 Å². The van der Waals surface area contributed by atoms with Crippen LogP contribution in [0.3, 0.4) is 0 Å². The average Bonchev–Trinajstić information content (AvgIpc) is 2.46. The molecular weight excluding hydrogens is 367 g/mol. The molecule has 0 amide bonds. The van der Waals surface area contributed by atoms with E-state index in [2.05, 4.69) is 26.0 Å². The number of rotatable bonds is 4. The number of aryl methyl sites for hydroxylation is 1. The summed E-state index contributed by atoms with van der Waals surface area (Å²) in [5.74, 6) is -0.266. The summed E-state index contributed by atoms with van der Waals surface area (Å²) in [7, 11) is 0. The molecule has 0 saturated heterocycles. The fraction of sp³-hybridized carbons (Fsp3) is 0.278. The van der Waals surface area contributed by atoms with Crippen molar-refractivity contribution in [3.63, 3.8) is 0 Å². The molecule has 2 radical (unpaired) electrons. The summed E-state index contributed by atoms with van der Waals surface area (Å²) in [5, 5.41) is 0. The van der Waals surface area contributed by atoms with E-state index in [4.69, 9.17) is 4.74 Å². The molecule has 21 heavy (non-hydrogen) atoms. The molecule has 0 aliphatic carbocycles. The third kappa shape index (κ3) is 4.88. The molecule has 0 atom stereocenters. The van der Waals surface area contributed by atoms with Crippen molar-refractivity contribution in [1.29, 1.82) is 0 Å². The Kier molecular flexibility index (Phi) is 6.46. The molecule has 3 heteroatoms. The molecule has 0 aliphatic rings. The van der Waals surface area contributed by atoms with Crippen LogP contribution in [0, 0.1) is 6.92 Å². The molecule has 2 nitrogen and oxygen atoms in total. The molecule has 2 aromatic rings. The molecule has 2 rings (SSSR count). The van der Waals surface area contributed by atoms with Crippen LogP contribution in [0.1, 0.15) is 35.3 Å². The first-order chi connectivity index (χ1) is 9.49. The van der Waals surface area contributed by atoms with Crippen molar-refractivity contribution >= 4 is 29.9 Å². The number of ether oxygens (including phenoxy) is 1. The molecule has 0 heterocycles. The maximum absolute atomic E-state index is 12.1. The Morgan fingerprint density at radius 2 is 1.71 bits per heavy atom. The Labute approximate surface area is 143 Å². The third-order valence-electron chi connectivity index (χ3n) is 3.37. The van der Waals surface area contributed by atoms with E-state index in [1.54, 1.807) is 6.07 Å². The van der Waals surface area contributed by atoms with Gasteiger partial charge in [0, 0.05) is 5.41 Å². The monoisotopic (exact) mass is 390 g/mol. The summed E-state index contributed by atoms with van der Waals surface area (Å²) in [5.41, 5.74) is 2.63. The van der Waals surface area contributed by atoms with Gasteiger partial charge in [0.1, 0.15) is 6.61 Å². The number of benzene rings is 2. The Hall–Kier alpha value is -1.29. The zero-order valence-corrected chi connectivity index (χ0v) is 17.0. The van der Waals surface area contributed by atoms with Crippen LogP contribution in [0.4, 0.5) is 0 Å². The molecule has 2 aromatic carbocycles. The average molecular weight is 389 g/mol. The van der Waals surface area contributed by atoms with E-state index in [0.717, 1.165) is 11.1 Å². The predicted molar refractivity (Wildman–Crippen MR) is 89.5 cm³/mol. The van der Waals surface area contributed by atoms with Crippen LogP contribution in [0.15, 0.2) is 54.6 Å². The van der Waals surface area contributed by atoms with Gasteiger partial charge >= 0.3 is 29.9 Å². The third-order valence-corrected chi connectivity index (χ3v) is 3.37. The van der Waals surface area contributed by atoms with E-state index in [-0.39, 0.29) is 35.3 Å². The van der Waals surface area contributed by atoms with Crippen LogP contribution < -0.4 is 0 Å². The van der Waals surface area contributed by atoms with Gasteiger partial charge in [-0.25, -0.2) is 4.79 Å². The Bertz CT molecular complexity index is 591. The second kappa shape index (κ2) is 7.64. The molecule has 0 aromatic heterocycles. The molecule has 0 bridgehead atoms. The summed E-state index contributed by atoms with van der Waals surface area (Å²) in [6, 6.07) is 17.6. The zero-order valence-electron chi connectivity index (χ0n) is 12.9. The van der Waals surface area contributed by atoms with Gasteiger partial charge in [-0.3, -0.25) is 0 Å². The number of carbonyl (C=O) groups is 1. The van der Waals surface area contributed by atoms with Crippen LogP contribution in [0.5, 0.6) is 0 Å². The number of esters is 1. The fourth-order valence-electron chi connectivity index (χ4n) is 2.07. The van der Waals surface area contributed by atoms with Crippen LogP contribution in [-0.4, -0.2) is 36.5 Å². The SMILES string of the molecule is Cc1cccc(C(=O)OCC(C)(C)c2ccccc2)c1.[SnH2]. The van der Waals surface area contributed by atoms with E-state index in [0.29, 0.717) is 12.2 Å². The van der Waals surface area contributed by atoms with E-state index in [9.17, 15) is 4.79 Å². The van der Waals surface area contributed by atoms with Crippen molar-refractivity contribution in [1.82, 2.24) is 0 Å². The van der Waals surface area contributed by atoms with Gasteiger partial charge < -0.3 is 4.74 Å². The normalized spacial score (nSPS) is 10.6. The Morgan fingerprint density at radius 3 is 2.33 bits per heavy atom. The van der Waals surface area contributed by atoms with Gasteiger partial charge in [-0.1, -0.05) is 61.9 Å². The molecule has 0 spiro atoms. The topological polar surface area (TPSA) is 26.3 Å². The van der Waals surface area contributed by atoms with Gasteiger partial charge in [-0.15, -0.1) is 0 Å². The quantitative estimate of drug-likeness (QED) is 0.593. The summed E-state index contributed by atoms with van der Waals surface area (Å²) >= 11 is 0. The fourth-order valence-corrected chi connectivity index (χ4v) is 2.07. The van der Waals surface area contributed by atoms with Gasteiger partial charge in [0.15, 0.2) is 0 Å². The molecule has 110 valence electrons. The molecular formula is C18H22O2Sn. The van der Waals surface area contributed by atoms with E-state index in [1.807, 2.05) is 43.3 Å². The van der Waals surface area contributed by atoms with Crippen LogP contribution in [0.2, 0.25) is 0 Å². The predicted octanol–water partition coefficient (Wildman–Crippen LogP) is 3.21. The summed E-state index contributed by atoms with van der Waals surface area (Å²) < 4.78 is 5.46. The van der Waals surface area contributed by atoms with E-state index < -0.39 is 0 Å². The van der Waals surface area contributed by atoms with Gasteiger partial charge in [-0.05, 0) is 24.6 Å². The standard InChI is InChI=1S/C18H20O2.Sn.2H/c1-14-8-7-9-15(12-14)17(19)20-13-18(2,3)16-10-5-4-6-11-16;;;/h4-12H,13H2,1-3H3;;;. The molecule has 0 unspecified atom stereocenters. The second-order valence-electron chi connectivity index (χ2n) is 5.70. The van der Waals surface area contributed by atoms with Crippen LogP contribution in [-0.2, 0) is 10.2 Å². The van der Waals surface area contributed by atoms with E-state index in [1.165, 1.54) is 0 Å². The van der Waals surface area contributed by atoms with Gasteiger partial charge in [0.05, 0.1) is 5.56 Å². The van der Waals surface area contributed by atoms with Gasteiger partial charge in [0.25, 0.3) is 0 Å². The molecule has 0 fully saturated rings. The molecule has 0 saturated carbocycles. The van der Waals surface area contributed by atoms with Crippen molar-refractivity contribution in [2.45, 2.75) is 26.2 Å². The summed E-state index contributed by atoms with van der Waals surface area (Å²) in [6.07, 6.45) is 0. The second-order valence-corrected chi connectivity index (χ2v) is 5.70. The van der Waals surface area contributed by atoms with E-state index >= 15 is 0 Å². The number of hydrogen-bond acceptors (Lipinski definition) is 2. The van der Waals surface area contributed by atoms with Crippen molar-refractivity contribution in [3.8, 4) is 0 Å². The maximum atomic E-state index is 12.1. The molecule has 0 aliphatic heterocycles. The Morgan fingerprint density at radius 1 is 1.05 bits per heavy atom.